The zero-order valence-corrected chi connectivity index (χ0v) is 20.8. The Hall–Kier alpha value is -3.93. The Morgan fingerprint density at radius 1 is 0.949 bits per heavy atom. The molecule has 6 nitrogen and oxygen atoms in total. The van der Waals surface area contributed by atoms with E-state index in [-0.39, 0.29) is 22.3 Å². The third-order valence-electron chi connectivity index (χ3n) is 5.50. The Balaban J connectivity index is 2.11. The van der Waals surface area contributed by atoms with Gasteiger partial charge in [0.2, 0.25) is 0 Å². The normalized spacial score (nSPS) is 11.7. The SMILES string of the molecule is CC(=O)OCC(=O)N(Cc1cc(C(F)(F)F)cc(C(F)(F)F)c1)Cc1c(-c2ccccc2C=O)ccnc1Cl. The van der Waals surface area contributed by atoms with Gasteiger partial charge in [-0.1, -0.05) is 35.9 Å². The van der Waals surface area contributed by atoms with Crippen molar-refractivity contribution in [3.05, 3.63) is 87.7 Å². The molecule has 0 aliphatic rings. The number of aldehydes is 1. The summed E-state index contributed by atoms with van der Waals surface area (Å²) in [5.41, 5.74) is -2.43. The molecule has 3 rings (SSSR count). The van der Waals surface area contributed by atoms with Gasteiger partial charge in [-0.2, -0.15) is 26.3 Å². The van der Waals surface area contributed by atoms with Crippen LogP contribution in [0.3, 0.4) is 0 Å². The summed E-state index contributed by atoms with van der Waals surface area (Å²) in [4.78, 5) is 40.7. The van der Waals surface area contributed by atoms with Gasteiger partial charge >= 0.3 is 18.3 Å². The summed E-state index contributed by atoms with van der Waals surface area (Å²) >= 11 is 6.30. The molecule has 0 atom stereocenters. The molecular formula is C26H19ClF6N2O4. The van der Waals surface area contributed by atoms with E-state index in [1.54, 1.807) is 18.2 Å². The minimum absolute atomic E-state index is 0.0268. The molecule has 1 heterocycles. The molecule has 39 heavy (non-hydrogen) atoms. The molecule has 0 aliphatic carbocycles. The lowest BCUT2D eigenvalue weighted by atomic mass is 9.97. The van der Waals surface area contributed by atoms with Gasteiger partial charge in [0.1, 0.15) is 5.15 Å². The summed E-state index contributed by atoms with van der Waals surface area (Å²) in [7, 11) is 0. The number of aromatic nitrogens is 1. The first kappa shape index (κ1) is 29.6. The maximum absolute atomic E-state index is 13.4. The second-order valence-electron chi connectivity index (χ2n) is 8.28. The fraction of sp³-hybridized carbons (Fsp3) is 0.231. The fourth-order valence-electron chi connectivity index (χ4n) is 3.72. The molecule has 1 amide bonds. The Bertz CT molecular complexity index is 1360. The number of nitrogens with zero attached hydrogens (tertiary/aromatic N) is 2. The number of hydrogen-bond donors (Lipinski definition) is 0. The summed E-state index contributed by atoms with van der Waals surface area (Å²) in [6.45, 7) is -0.995. The van der Waals surface area contributed by atoms with Crippen LogP contribution in [0, 0.1) is 0 Å². The van der Waals surface area contributed by atoms with E-state index in [2.05, 4.69) is 4.98 Å². The molecule has 0 spiro atoms. The molecule has 3 aromatic rings. The largest absolute Gasteiger partial charge is 0.456 e. The van der Waals surface area contributed by atoms with Crippen LogP contribution in [-0.2, 0) is 39.8 Å². The van der Waals surface area contributed by atoms with Crippen molar-refractivity contribution in [3.8, 4) is 11.1 Å². The maximum atomic E-state index is 13.4. The molecule has 2 aromatic carbocycles. The number of amides is 1. The predicted octanol–water partition coefficient (Wildman–Crippen LogP) is 6.34. The maximum Gasteiger partial charge on any atom is 0.416 e. The van der Waals surface area contributed by atoms with Gasteiger partial charge in [0.25, 0.3) is 5.91 Å². The van der Waals surface area contributed by atoms with E-state index in [1.807, 2.05) is 0 Å². The van der Waals surface area contributed by atoms with Gasteiger partial charge in [-0.15, -0.1) is 0 Å². The fourth-order valence-corrected chi connectivity index (χ4v) is 3.94. The van der Waals surface area contributed by atoms with Gasteiger partial charge < -0.3 is 9.64 Å². The molecule has 1 aromatic heterocycles. The number of pyridine rings is 1. The standard InChI is InChI=1S/C26H19ClF6N2O4/c1-15(37)39-14-23(38)35(11-16-8-18(25(28,29)30)10-19(9-16)26(31,32)33)12-22-21(6-7-34-24(22)27)20-5-3-2-4-17(20)13-36/h2-10,13H,11-12,14H2,1H3. The summed E-state index contributed by atoms with van der Waals surface area (Å²) in [6.07, 6.45) is -8.28. The number of rotatable bonds is 8. The van der Waals surface area contributed by atoms with Gasteiger partial charge in [0.15, 0.2) is 12.9 Å². The van der Waals surface area contributed by atoms with E-state index < -0.39 is 60.6 Å². The lowest BCUT2D eigenvalue weighted by molar-refractivity contribution is -0.150. The van der Waals surface area contributed by atoms with Crippen LogP contribution in [0.15, 0.2) is 54.7 Å². The van der Waals surface area contributed by atoms with Crippen LogP contribution in [0.5, 0.6) is 0 Å². The highest BCUT2D eigenvalue weighted by Crippen LogP contribution is 2.37. The lowest BCUT2D eigenvalue weighted by Gasteiger charge is -2.25. The van der Waals surface area contributed by atoms with Crippen LogP contribution in [0.2, 0.25) is 5.15 Å². The molecule has 0 saturated carbocycles. The van der Waals surface area contributed by atoms with E-state index in [0.717, 1.165) is 11.8 Å². The van der Waals surface area contributed by atoms with Crippen molar-refractivity contribution in [1.29, 1.82) is 0 Å². The molecule has 0 aliphatic heterocycles. The summed E-state index contributed by atoms with van der Waals surface area (Å²) in [6, 6.07) is 8.80. The van der Waals surface area contributed by atoms with Crippen LogP contribution >= 0.6 is 11.6 Å². The number of alkyl halides is 6. The van der Waals surface area contributed by atoms with Gasteiger partial charge in [-0.3, -0.25) is 14.4 Å². The monoisotopic (exact) mass is 572 g/mol. The second-order valence-corrected chi connectivity index (χ2v) is 8.64. The third kappa shape index (κ3) is 7.56. The molecular weight excluding hydrogens is 554 g/mol. The number of carbonyl (C=O) groups is 3. The number of benzene rings is 2. The van der Waals surface area contributed by atoms with Crippen LogP contribution in [-0.4, -0.2) is 34.7 Å². The Morgan fingerprint density at radius 3 is 2.13 bits per heavy atom. The van der Waals surface area contributed by atoms with Crippen molar-refractivity contribution < 1.29 is 45.5 Å². The number of ether oxygens (including phenoxy) is 1. The van der Waals surface area contributed by atoms with Crippen molar-refractivity contribution in [3.63, 3.8) is 0 Å². The molecule has 206 valence electrons. The first-order valence-corrected chi connectivity index (χ1v) is 11.5. The van der Waals surface area contributed by atoms with Crippen LogP contribution in [0.25, 0.3) is 11.1 Å². The first-order valence-electron chi connectivity index (χ1n) is 11.1. The predicted molar refractivity (Wildman–Crippen MR) is 127 cm³/mol. The zero-order valence-electron chi connectivity index (χ0n) is 20.1. The van der Waals surface area contributed by atoms with Crippen molar-refractivity contribution in [2.24, 2.45) is 0 Å². The number of halogens is 7. The Labute approximate surface area is 223 Å². The molecule has 0 unspecified atom stereocenters. The van der Waals surface area contributed by atoms with Gasteiger partial charge in [-0.25, -0.2) is 4.98 Å². The second kappa shape index (κ2) is 11.9. The highest BCUT2D eigenvalue weighted by molar-refractivity contribution is 6.30. The van der Waals surface area contributed by atoms with Gasteiger partial charge in [-0.05, 0) is 41.0 Å². The van der Waals surface area contributed by atoms with Gasteiger partial charge in [0.05, 0.1) is 11.1 Å². The highest BCUT2D eigenvalue weighted by Gasteiger charge is 2.37. The molecule has 0 bridgehead atoms. The van der Waals surface area contributed by atoms with E-state index in [1.165, 1.54) is 18.3 Å². The zero-order chi connectivity index (χ0) is 29.0. The molecule has 0 fully saturated rings. The van der Waals surface area contributed by atoms with E-state index in [4.69, 9.17) is 16.3 Å². The van der Waals surface area contributed by atoms with Gasteiger partial charge in [0, 0.05) is 37.3 Å². The lowest BCUT2D eigenvalue weighted by Crippen LogP contribution is -2.34. The van der Waals surface area contributed by atoms with Crippen LogP contribution in [0.1, 0.15) is 39.5 Å². The topological polar surface area (TPSA) is 76.6 Å². The smallest absolute Gasteiger partial charge is 0.416 e. The van der Waals surface area contributed by atoms with Crippen LogP contribution in [0.4, 0.5) is 26.3 Å². The first-order chi connectivity index (χ1) is 18.2. The van der Waals surface area contributed by atoms with Crippen molar-refractivity contribution in [1.82, 2.24) is 9.88 Å². The van der Waals surface area contributed by atoms with Crippen molar-refractivity contribution >= 4 is 29.8 Å². The number of esters is 1. The highest BCUT2D eigenvalue weighted by atomic mass is 35.5. The molecule has 0 N–H and O–H groups in total. The average Bonchev–Trinajstić information content (AvgIpc) is 2.86. The van der Waals surface area contributed by atoms with Crippen molar-refractivity contribution in [2.45, 2.75) is 32.4 Å². The van der Waals surface area contributed by atoms with Crippen LogP contribution < -0.4 is 0 Å². The minimum atomic E-state index is -5.10. The average molecular weight is 573 g/mol. The van der Waals surface area contributed by atoms with E-state index in [0.29, 0.717) is 29.5 Å². The summed E-state index contributed by atoms with van der Waals surface area (Å²) in [5, 5.41) is -0.126. The summed E-state index contributed by atoms with van der Waals surface area (Å²) in [5.74, 6) is -1.76. The Morgan fingerprint density at radius 2 is 1.56 bits per heavy atom. The third-order valence-corrected chi connectivity index (χ3v) is 5.83. The minimum Gasteiger partial charge on any atom is -0.456 e. The van der Waals surface area contributed by atoms with Crippen molar-refractivity contribution in [2.75, 3.05) is 6.61 Å². The molecule has 13 heteroatoms. The number of carbonyl (C=O) groups excluding carboxylic acids is 3. The Kier molecular flexibility index (Phi) is 9.00. The molecule has 0 saturated heterocycles. The van der Waals surface area contributed by atoms with E-state index >= 15 is 0 Å². The molecule has 0 radical (unpaired) electrons. The quantitative estimate of drug-likeness (QED) is 0.136. The number of hydrogen-bond acceptors (Lipinski definition) is 5. The summed E-state index contributed by atoms with van der Waals surface area (Å²) < 4.78 is 85.1. The van der Waals surface area contributed by atoms with E-state index in [9.17, 15) is 40.7 Å².